The highest BCUT2D eigenvalue weighted by Gasteiger charge is 2.34. The Morgan fingerprint density at radius 2 is 1.66 bits per heavy atom. The molecule has 2 aromatic carbocycles. The van der Waals surface area contributed by atoms with E-state index in [2.05, 4.69) is 5.10 Å². The number of rotatable bonds is 4. The second kappa shape index (κ2) is 8.09. The van der Waals surface area contributed by atoms with Crippen LogP contribution in [0, 0.1) is 5.82 Å². The standard InChI is InChI=1S/C20H17FN2O6/c1-11(24)23-20(14-4-6-15(21)7-5-14)29-19(22-23)17-9-8-16(27-12(2)25)10-18(17)28-13(3)26/h4-10,20H,1-3H3/t20-/m0/s1. The zero-order valence-electron chi connectivity index (χ0n) is 15.8. The van der Waals surface area contributed by atoms with Gasteiger partial charge in [-0.2, -0.15) is 5.01 Å². The van der Waals surface area contributed by atoms with Gasteiger partial charge >= 0.3 is 11.9 Å². The van der Waals surface area contributed by atoms with E-state index in [1.165, 1.54) is 63.2 Å². The maximum Gasteiger partial charge on any atom is 0.308 e. The van der Waals surface area contributed by atoms with Gasteiger partial charge in [-0.1, -0.05) is 12.1 Å². The molecule has 2 aromatic rings. The highest BCUT2D eigenvalue weighted by molar-refractivity contribution is 5.99. The second-order valence-corrected chi connectivity index (χ2v) is 6.14. The largest absolute Gasteiger partial charge is 0.446 e. The Bertz CT molecular complexity index is 1000. The van der Waals surface area contributed by atoms with E-state index in [1.807, 2.05) is 0 Å². The number of nitrogens with zero attached hydrogens (tertiary/aromatic N) is 2. The summed E-state index contributed by atoms with van der Waals surface area (Å²) in [6.45, 7) is 3.76. The molecule has 0 aliphatic carbocycles. The number of benzene rings is 2. The first-order chi connectivity index (χ1) is 13.7. The van der Waals surface area contributed by atoms with Crippen LogP contribution in [0.2, 0.25) is 0 Å². The fraction of sp³-hybridized carbons (Fsp3) is 0.200. The predicted octanol–water partition coefficient (Wildman–Crippen LogP) is 2.92. The summed E-state index contributed by atoms with van der Waals surface area (Å²) in [6.07, 6.45) is -0.915. The van der Waals surface area contributed by atoms with Crippen molar-refractivity contribution in [2.75, 3.05) is 0 Å². The molecule has 0 N–H and O–H groups in total. The van der Waals surface area contributed by atoms with E-state index in [1.54, 1.807) is 0 Å². The number of carbonyl (C=O) groups is 3. The molecule has 0 saturated heterocycles. The summed E-state index contributed by atoms with van der Waals surface area (Å²) in [5.41, 5.74) is 0.776. The van der Waals surface area contributed by atoms with E-state index >= 15 is 0 Å². The number of hydrogen-bond acceptors (Lipinski definition) is 7. The molecule has 8 nitrogen and oxygen atoms in total. The van der Waals surface area contributed by atoms with Crippen LogP contribution in [-0.4, -0.2) is 28.8 Å². The number of amides is 1. The van der Waals surface area contributed by atoms with Gasteiger partial charge in [0, 0.05) is 32.4 Å². The Labute approximate surface area is 165 Å². The molecule has 1 atom stereocenters. The third-order valence-electron chi connectivity index (χ3n) is 3.82. The van der Waals surface area contributed by atoms with Crippen molar-refractivity contribution in [1.82, 2.24) is 5.01 Å². The molecule has 0 saturated carbocycles. The smallest absolute Gasteiger partial charge is 0.308 e. The van der Waals surface area contributed by atoms with Crippen LogP contribution < -0.4 is 9.47 Å². The Kier molecular flexibility index (Phi) is 5.58. The van der Waals surface area contributed by atoms with Gasteiger partial charge in [-0.15, -0.1) is 5.10 Å². The Hall–Kier alpha value is -3.75. The van der Waals surface area contributed by atoms with Crippen molar-refractivity contribution in [2.45, 2.75) is 27.0 Å². The third kappa shape index (κ3) is 4.57. The Morgan fingerprint density at radius 1 is 1.00 bits per heavy atom. The molecule has 150 valence electrons. The van der Waals surface area contributed by atoms with Crippen molar-refractivity contribution in [3.63, 3.8) is 0 Å². The SMILES string of the molecule is CC(=O)Oc1ccc(C2=NN(C(C)=O)[C@H](c3ccc(F)cc3)O2)c(OC(C)=O)c1. The highest BCUT2D eigenvalue weighted by Crippen LogP contribution is 2.34. The van der Waals surface area contributed by atoms with Gasteiger partial charge in [0.2, 0.25) is 18.0 Å². The molecule has 1 heterocycles. The lowest BCUT2D eigenvalue weighted by molar-refractivity contribution is -0.135. The monoisotopic (exact) mass is 400 g/mol. The van der Waals surface area contributed by atoms with Gasteiger partial charge in [0.05, 0.1) is 5.56 Å². The van der Waals surface area contributed by atoms with E-state index in [4.69, 9.17) is 14.2 Å². The fourth-order valence-corrected chi connectivity index (χ4v) is 2.67. The number of hydrazone groups is 1. The van der Waals surface area contributed by atoms with E-state index < -0.39 is 29.9 Å². The first-order valence-corrected chi connectivity index (χ1v) is 8.56. The van der Waals surface area contributed by atoms with Crippen LogP contribution in [0.25, 0.3) is 0 Å². The van der Waals surface area contributed by atoms with Crippen LogP contribution in [0.1, 0.15) is 38.1 Å². The van der Waals surface area contributed by atoms with Crippen molar-refractivity contribution in [2.24, 2.45) is 5.10 Å². The number of hydrogen-bond donors (Lipinski definition) is 0. The van der Waals surface area contributed by atoms with Crippen LogP contribution in [0.3, 0.4) is 0 Å². The molecule has 0 unspecified atom stereocenters. The minimum atomic E-state index is -0.915. The average molecular weight is 400 g/mol. The van der Waals surface area contributed by atoms with Crippen LogP contribution in [0.15, 0.2) is 47.6 Å². The maximum absolute atomic E-state index is 13.2. The summed E-state index contributed by atoms with van der Waals surface area (Å²) in [5, 5.41) is 5.28. The fourth-order valence-electron chi connectivity index (χ4n) is 2.67. The number of carbonyl (C=O) groups excluding carboxylic acids is 3. The van der Waals surface area contributed by atoms with E-state index in [0.717, 1.165) is 5.01 Å². The van der Waals surface area contributed by atoms with Gasteiger partial charge in [0.25, 0.3) is 0 Å². The molecule has 0 aromatic heterocycles. The molecule has 1 amide bonds. The normalized spacial score (nSPS) is 15.4. The lowest BCUT2D eigenvalue weighted by atomic mass is 10.1. The molecule has 0 radical (unpaired) electrons. The van der Waals surface area contributed by atoms with Crippen molar-refractivity contribution in [1.29, 1.82) is 0 Å². The van der Waals surface area contributed by atoms with E-state index in [0.29, 0.717) is 5.56 Å². The Balaban J connectivity index is 1.99. The van der Waals surface area contributed by atoms with Crippen molar-refractivity contribution < 1.29 is 33.0 Å². The topological polar surface area (TPSA) is 94.5 Å². The molecule has 1 aliphatic rings. The number of ether oxygens (including phenoxy) is 3. The first kappa shape index (κ1) is 20.0. The molecule has 0 spiro atoms. The van der Waals surface area contributed by atoms with Crippen LogP contribution >= 0.6 is 0 Å². The lowest BCUT2D eigenvalue weighted by Crippen LogP contribution is -2.25. The summed E-state index contributed by atoms with van der Waals surface area (Å²) in [5.74, 6) is -1.77. The molecular weight excluding hydrogens is 383 g/mol. The molecule has 9 heteroatoms. The summed E-state index contributed by atoms with van der Waals surface area (Å²) in [4.78, 5) is 34.7. The summed E-state index contributed by atoms with van der Waals surface area (Å²) in [7, 11) is 0. The van der Waals surface area contributed by atoms with Gasteiger partial charge in [-0.05, 0) is 24.3 Å². The summed E-state index contributed by atoms with van der Waals surface area (Å²) >= 11 is 0. The molecule has 0 fully saturated rings. The number of halogens is 1. The third-order valence-corrected chi connectivity index (χ3v) is 3.82. The average Bonchev–Trinajstić information content (AvgIpc) is 3.07. The molecular formula is C20H17FN2O6. The van der Waals surface area contributed by atoms with Crippen molar-refractivity contribution >= 4 is 23.7 Å². The highest BCUT2D eigenvalue weighted by atomic mass is 19.1. The lowest BCUT2D eigenvalue weighted by Gasteiger charge is -2.19. The Morgan fingerprint density at radius 3 is 2.24 bits per heavy atom. The van der Waals surface area contributed by atoms with Crippen LogP contribution in [0.4, 0.5) is 4.39 Å². The van der Waals surface area contributed by atoms with Gasteiger partial charge in [-0.3, -0.25) is 14.4 Å². The maximum atomic E-state index is 13.2. The predicted molar refractivity (Wildman–Crippen MR) is 98.3 cm³/mol. The van der Waals surface area contributed by atoms with Crippen molar-refractivity contribution in [3.05, 3.63) is 59.4 Å². The first-order valence-electron chi connectivity index (χ1n) is 8.56. The number of esters is 2. The van der Waals surface area contributed by atoms with Gasteiger partial charge in [-0.25, -0.2) is 4.39 Å². The van der Waals surface area contributed by atoms with Gasteiger partial charge < -0.3 is 14.2 Å². The molecule has 3 rings (SSSR count). The molecule has 0 bridgehead atoms. The minimum absolute atomic E-state index is 0.0140. The van der Waals surface area contributed by atoms with Crippen LogP contribution in [0.5, 0.6) is 11.5 Å². The minimum Gasteiger partial charge on any atom is -0.446 e. The van der Waals surface area contributed by atoms with Crippen molar-refractivity contribution in [3.8, 4) is 11.5 Å². The van der Waals surface area contributed by atoms with Gasteiger partial charge in [0.1, 0.15) is 17.3 Å². The quantitative estimate of drug-likeness (QED) is 0.579. The summed E-state index contributed by atoms with van der Waals surface area (Å²) in [6, 6.07) is 9.74. The van der Waals surface area contributed by atoms with Gasteiger partial charge in [0.15, 0.2) is 0 Å². The van der Waals surface area contributed by atoms with E-state index in [-0.39, 0.29) is 23.0 Å². The molecule has 1 aliphatic heterocycles. The zero-order chi connectivity index (χ0) is 21.1. The zero-order valence-corrected chi connectivity index (χ0v) is 15.8. The second-order valence-electron chi connectivity index (χ2n) is 6.14. The van der Waals surface area contributed by atoms with Crippen LogP contribution in [-0.2, 0) is 19.1 Å². The van der Waals surface area contributed by atoms with E-state index in [9.17, 15) is 18.8 Å². The summed E-state index contributed by atoms with van der Waals surface area (Å²) < 4.78 is 29.3. The molecule has 29 heavy (non-hydrogen) atoms.